The molecular formula is C22H24FN3O7. The van der Waals surface area contributed by atoms with E-state index in [9.17, 15) is 39.2 Å². The van der Waals surface area contributed by atoms with Crippen LogP contribution in [0.25, 0.3) is 0 Å². The first-order valence-corrected chi connectivity index (χ1v) is 10.3. The van der Waals surface area contributed by atoms with E-state index in [1.165, 1.54) is 4.90 Å². The molecule has 0 radical (unpaired) electrons. The van der Waals surface area contributed by atoms with Crippen molar-refractivity contribution in [2.45, 2.75) is 31.0 Å². The maximum Gasteiger partial charge on any atom is 0.255 e. The van der Waals surface area contributed by atoms with Gasteiger partial charge in [0, 0.05) is 18.0 Å². The average molecular weight is 461 g/mol. The molecule has 0 saturated heterocycles. The van der Waals surface area contributed by atoms with Crippen molar-refractivity contribution in [2.24, 2.45) is 23.3 Å². The van der Waals surface area contributed by atoms with Gasteiger partial charge in [0.1, 0.15) is 17.1 Å². The number of likely N-dealkylation sites (N-methyl/N-ethyl adjacent to an activating group) is 1. The van der Waals surface area contributed by atoms with Crippen LogP contribution in [0.5, 0.6) is 5.75 Å². The number of fused-ring (bicyclic) bond motifs is 3. The van der Waals surface area contributed by atoms with Gasteiger partial charge in [-0.05, 0) is 50.0 Å². The summed E-state index contributed by atoms with van der Waals surface area (Å²) in [4.78, 5) is 39.9. The summed E-state index contributed by atoms with van der Waals surface area (Å²) < 4.78 is 14.2. The number of aliphatic hydroxyl groups is 3. The number of ketones is 2. The summed E-state index contributed by atoms with van der Waals surface area (Å²) in [7, 11) is 3.08. The van der Waals surface area contributed by atoms with Gasteiger partial charge < -0.3 is 31.9 Å². The average Bonchev–Trinajstić information content (AvgIpc) is 2.72. The van der Waals surface area contributed by atoms with Gasteiger partial charge in [-0.3, -0.25) is 19.3 Å². The second kappa shape index (κ2) is 7.37. The quantitative estimate of drug-likeness (QED) is 0.329. The molecule has 0 fully saturated rings. The molecule has 33 heavy (non-hydrogen) atoms. The van der Waals surface area contributed by atoms with Crippen LogP contribution in [0.3, 0.4) is 0 Å². The lowest BCUT2D eigenvalue weighted by molar-refractivity contribution is -0.148. The van der Waals surface area contributed by atoms with Gasteiger partial charge in [-0.15, -0.1) is 0 Å². The van der Waals surface area contributed by atoms with Gasteiger partial charge in [-0.25, -0.2) is 4.39 Å². The highest BCUT2D eigenvalue weighted by Crippen LogP contribution is 2.52. The van der Waals surface area contributed by atoms with Crippen LogP contribution in [0.4, 0.5) is 4.39 Å². The highest BCUT2D eigenvalue weighted by Gasteiger charge is 2.63. The highest BCUT2D eigenvalue weighted by molar-refractivity contribution is 6.24. The summed E-state index contributed by atoms with van der Waals surface area (Å²) in [6.45, 7) is -0.109. The van der Waals surface area contributed by atoms with Crippen molar-refractivity contribution in [1.29, 1.82) is 0 Å². The number of phenols is 1. The zero-order chi connectivity index (χ0) is 24.6. The molecule has 0 aromatic heterocycles. The maximum atomic E-state index is 14.2. The summed E-state index contributed by atoms with van der Waals surface area (Å²) >= 11 is 0. The summed E-state index contributed by atoms with van der Waals surface area (Å²) in [6, 6.07) is -0.0404. The van der Waals surface area contributed by atoms with E-state index < -0.39 is 75.2 Å². The number of nitrogens with two attached hydrogens (primary N) is 2. The van der Waals surface area contributed by atoms with Crippen LogP contribution in [0.1, 0.15) is 27.9 Å². The first-order valence-electron chi connectivity index (χ1n) is 10.3. The van der Waals surface area contributed by atoms with Crippen LogP contribution in [0, 0.1) is 17.7 Å². The lowest BCUT2D eigenvalue weighted by Gasteiger charge is -2.50. The van der Waals surface area contributed by atoms with Crippen LogP contribution in [-0.2, 0) is 22.6 Å². The molecule has 0 bridgehead atoms. The number of halogens is 1. The molecule has 11 heteroatoms. The largest absolute Gasteiger partial charge is 0.510 e. The van der Waals surface area contributed by atoms with Crippen LogP contribution in [-0.4, -0.2) is 68.5 Å². The molecule has 0 heterocycles. The molecule has 0 spiro atoms. The van der Waals surface area contributed by atoms with Crippen LogP contribution in [0.2, 0.25) is 0 Å². The SMILES string of the molecule is CN(C)C1C(O)=C(C(N)=O)C(=O)C2(O)C(O)=C3C(=O)c4c(O)c(F)cc(CN)c4CC3CC12. The summed E-state index contributed by atoms with van der Waals surface area (Å²) in [5.41, 5.74) is 7.23. The molecule has 3 aliphatic carbocycles. The van der Waals surface area contributed by atoms with E-state index in [4.69, 9.17) is 11.5 Å². The first-order chi connectivity index (χ1) is 15.4. The number of carbonyl (C=O) groups is 3. The number of hydrogen-bond donors (Lipinski definition) is 6. The number of allylic oxidation sites excluding steroid dienone is 1. The number of Topliss-reactive ketones (excluding diaryl/α,β-unsaturated/α-hetero) is 2. The van der Waals surface area contributed by atoms with Crippen molar-refractivity contribution in [3.8, 4) is 5.75 Å². The monoisotopic (exact) mass is 461 g/mol. The third-order valence-electron chi connectivity index (χ3n) is 6.99. The summed E-state index contributed by atoms with van der Waals surface area (Å²) in [5, 5.41) is 43.5. The fourth-order valence-electron chi connectivity index (χ4n) is 5.54. The Morgan fingerprint density at radius 1 is 1.27 bits per heavy atom. The van der Waals surface area contributed by atoms with E-state index >= 15 is 0 Å². The molecule has 3 aliphatic rings. The second-order valence-corrected chi connectivity index (χ2v) is 8.89. The lowest BCUT2D eigenvalue weighted by Crippen LogP contribution is -2.63. The van der Waals surface area contributed by atoms with E-state index in [-0.39, 0.29) is 25.0 Å². The molecule has 4 unspecified atom stereocenters. The van der Waals surface area contributed by atoms with Gasteiger partial charge in [-0.1, -0.05) is 0 Å². The normalized spacial score (nSPS) is 29.2. The fraction of sp³-hybridized carbons (Fsp3) is 0.409. The number of carbonyl (C=O) groups excluding carboxylic acids is 3. The fourth-order valence-corrected chi connectivity index (χ4v) is 5.54. The van der Waals surface area contributed by atoms with Crippen molar-refractivity contribution in [1.82, 2.24) is 4.90 Å². The number of aromatic hydroxyl groups is 1. The van der Waals surface area contributed by atoms with Crippen molar-refractivity contribution in [2.75, 3.05) is 14.1 Å². The van der Waals surface area contributed by atoms with Crippen LogP contribution >= 0.6 is 0 Å². The highest BCUT2D eigenvalue weighted by atomic mass is 19.1. The molecule has 1 amide bonds. The van der Waals surface area contributed by atoms with E-state index in [0.717, 1.165) is 6.07 Å². The number of benzene rings is 1. The van der Waals surface area contributed by atoms with Crippen molar-refractivity contribution in [3.63, 3.8) is 0 Å². The van der Waals surface area contributed by atoms with Gasteiger partial charge in [0.05, 0.1) is 11.6 Å². The second-order valence-electron chi connectivity index (χ2n) is 8.89. The Hall–Kier alpha value is -3.28. The van der Waals surface area contributed by atoms with E-state index in [2.05, 4.69) is 0 Å². The Morgan fingerprint density at radius 2 is 1.91 bits per heavy atom. The standard InChI is InChI=1S/C22H24FN3O7/c1-26(2)15-10-4-7-3-9-8(6-24)5-11(23)16(27)13(9)17(28)12(7)19(30)22(10,33)20(31)14(18(15)29)21(25)32/h5,7,10,15,27,29-30,33H,3-4,6,24H2,1-2H3,(H2,25,32). The number of phenolic OH excluding ortho intramolecular Hbond substituents is 1. The van der Waals surface area contributed by atoms with Crippen LogP contribution < -0.4 is 11.5 Å². The van der Waals surface area contributed by atoms with Gasteiger partial charge in [0.25, 0.3) is 5.91 Å². The number of hydrogen-bond acceptors (Lipinski definition) is 9. The Labute approximate surface area is 187 Å². The summed E-state index contributed by atoms with van der Waals surface area (Å²) in [5.74, 6) is -9.08. The molecule has 4 atom stereocenters. The van der Waals surface area contributed by atoms with Crippen molar-refractivity contribution >= 4 is 17.5 Å². The molecule has 1 aromatic carbocycles. The van der Waals surface area contributed by atoms with E-state index in [1.807, 2.05) is 0 Å². The minimum atomic E-state index is -2.73. The third-order valence-corrected chi connectivity index (χ3v) is 6.99. The van der Waals surface area contributed by atoms with E-state index in [0.29, 0.717) is 11.1 Å². The first kappa shape index (κ1) is 22.9. The van der Waals surface area contributed by atoms with Crippen LogP contribution in [0.15, 0.2) is 28.7 Å². The summed E-state index contributed by atoms with van der Waals surface area (Å²) in [6.07, 6.45) is 0.0167. The predicted octanol–water partition coefficient (Wildman–Crippen LogP) is -0.282. The van der Waals surface area contributed by atoms with Gasteiger partial charge in [0.15, 0.2) is 23.0 Å². The van der Waals surface area contributed by atoms with Gasteiger partial charge in [0.2, 0.25) is 5.78 Å². The maximum absolute atomic E-state index is 14.2. The minimum Gasteiger partial charge on any atom is -0.510 e. The lowest BCUT2D eigenvalue weighted by atomic mass is 9.58. The molecule has 176 valence electrons. The van der Waals surface area contributed by atoms with Crippen molar-refractivity contribution < 1.29 is 39.2 Å². The predicted molar refractivity (Wildman–Crippen MR) is 112 cm³/mol. The number of aliphatic hydroxyl groups excluding tert-OH is 2. The minimum absolute atomic E-state index is 0.0477. The molecule has 0 saturated carbocycles. The number of nitrogens with zero attached hydrogens (tertiary/aromatic N) is 1. The molecular weight excluding hydrogens is 437 g/mol. The van der Waals surface area contributed by atoms with E-state index in [1.54, 1.807) is 14.1 Å². The zero-order valence-corrected chi connectivity index (χ0v) is 17.9. The Balaban J connectivity index is 1.99. The molecule has 10 nitrogen and oxygen atoms in total. The van der Waals surface area contributed by atoms with Crippen molar-refractivity contribution in [3.05, 3.63) is 51.2 Å². The number of rotatable bonds is 3. The Morgan fingerprint density at radius 3 is 2.45 bits per heavy atom. The van der Waals surface area contributed by atoms with Gasteiger partial charge >= 0.3 is 0 Å². The number of primary amides is 1. The molecule has 0 aliphatic heterocycles. The molecule has 4 rings (SSSR count). The Bertz CT molecular complexity index is 1190. The smallest absolute Gasteiger partial charge is 0.255 e. The third kappa shape index (κ3) is 2.86. The number of amides is 1. The molecule has 1 aromatic rings. The Kier molecular flexibility index (Phi) is 5.11. The topological polar surface area (TPSA) is 187 Å². The molecule has 8 N–H and O–H groups in total. The zero-order valence-electron chi connectivity index (χ0n) is 17.9. The van der Waals surface area contributed by atoms with Gasteiger partial charge in [-0.2, -0.15) is 0 Å².